The van der Waals surface area contributed by atoms with Crippen molar-refractivity contribution in [1.29, 1.82) is 0 Å². The molecular formula is C15H18O5. The van der Waals surface area contributed by atoms with Gasteiger partial charge in [0.2, 0.25) is 0 Å². The van der Waals surface area contributed by atoms with Gasteiger partial charge in [0, 0.05) is 36.0 Å². The summed E-state index contributed by atoms with van der Waals surface area (Å²) in [6, 6.07) is 0. The maximum atomic E-state index is 10.8. The quantitative estimate of drug-likeness (QED) is 0.885. The summed E-state index contributed by atoms with van der Waals surface area (Å²) < 4.78 is 11.5. The lowest BCUT2D eigenvalue weighted by atomic mass is 9.94. The average molecular weight is 278 g/mol. The Hall–Kier alpha value is -1.91. The van der Waals surface area contributed by atoms with Crippen molar-refractivity contribution in [3.8, 4) is 17.2 Å². The number of hydrogen-bond donors (Lipinski definition) is 2. The molecule has 108 valence electrons. The zero-order valence-electron chi connectivity index (χ0n) is 11.6. The molecule has 2 N–H and O–H groups in total. The zero-order chi connectivity index (χ0) is 14.4. The van der Waals surface area contributed by atoms with Gasteiger partial charge < -0.3 is 19.7 Å². The summed E-state index contributed by atoms with van der Waals surface area (Å²) in [6.07, 6.45) is 1.77. The number of phenols is 1. The fraction of sp³-hybridized carbons (Fsp3) is 0.533. The predicted molar refractivity (Wildman–Crippen MR) is 71.7 cm³/mol. The molecule has 3 rings (SSSR count). The second-order valence-electron chi connectivity index (χ2n) is 5.60. The smallest absolute Gasteiger partial charge is 0.303 e. The lowest BCUT2D eigenvalue weighted by molar-refractivity contribution is -0.136. The minimum Gasteiger partial charge on any atom is -0.504 e. The second-order valence-corrected chi connectivity index (χ2v) is 5.60. The van der Waals surface area contributed by atoms with Gasteiger partial charge in [-0.2, -0.15) is 0 Å². The van der Waals surface area contributed by atoms with Gasteiger partial charge in [-0.3, -0.25) is 4.79 Å². The Morgan fingerprint density at radius 2 is 1.75 bits per heavy atom. The van der Waals surface area contributed by atoms with E-state index < -0.39 is 5.97 Å². The predicted octanol–water partition coefficient (Wildman–Crippen LogP) is 2.06. The van der Waals surface area contributed by atoms with Crippen LogP contribution in [0.25, 0.3) is 0 Å². The van der Waals surface area contributed by atoms with E-state index in [9.17, 15) is 9.90 Å². The minimum absolute atomic E-state index is 0.000530. The van der Waals surface area contributed by atoms with Crippen LogP contribution in [0.5, 0.6) is 17.2 Å². The highest BCUT2D eigenvalue weighted by Crippen LogP contribution is 2.50. The van der Waals surface area contributed by atoms with Gasteiger partial charge in [0.05, 0.1) is 0 Å². The Balaban J connectivity index is 2.10. The van der Waals surface area contributed by atoms with E-state index in [0.717, 1.165) is 16.7 Å². The number of aliphatic carboxylic acids is 1. The molecule has 1 aromatic rings. The highest BCUT2D eigenvalue weighted by molar-refractivity contribution is 5.70. The standard InChI is InChI=1S/C15H18O5/c1-7-5-10-9(3-4-12(16)17)14-11(6-8(2)19-14)13(18)15(10)20-7/h7-8,18H,3-6H2,1-2H3,(H,16,17). The van der Waals surface area contributed by atoms with Crippen molar-refractivity contribution in [2.75, 3.05) is 0 Å². The molecule has 0 amide bonds. The molecule has 2 aliphatic rings. The van der Waals surface area contributed by atoms with Gasteiger partial charge in [-0.05, 0) is 20.3 Å². The van der Waals surface area contributed by atoms with Gasteiger partial charge in [0.1, 0.15) is 18.0 Å². The highest BCUT2D eigenvalue weighted by Gasteiger charge is 2.35. The third-order valence-electron chi connectivity index (χ3n) is 3.90. The molecule has 5 heteroatoms. The van der Waals surface area contributed by atoms with Crippen molar-refractivity contribution in [2.24, 2.45) is 0 Å². The third kappa shape index (κ3) is 1.97. The fourth-order valence-electron chi connectivity index (χ4n) is 3.08. The van der Waals surface area contributed by atoms with Crippen LogP contribution in [0.15, 0.2) is 0 Å². The fourth-order valence-corrected chi connectivity index (χ4v) is 3.08. The first-order chi connectivity index (χ1) is 9.47. The minimum atomic E-state index is -0.835. The summed E-state index contributed by atoms with van der Waals surface area (Å²) in [7, 11) is 0. The number of phenolic OH excluding ortho intramolecular Hbond substituents is 1. The first-order valence-electron chi connectivity index (χ1n) is 6.92. The first kappa shape index (κ1) is 13.1. The molecular weight excluding hydrogens is 260 g/mol. The Kier molecular flexibility index (Phi) is 3.00. The maximum Gasteiger partial charge on any atom is 0.303 e. The molecule has 0 saturated carbocycles. The van der Waals surface area contributed by atoms with Gasteiger partial charge in [0.25, 0.3) is 0 Å². The highest BCUT2D eigenvalue weighted by atomic mass is 16.5. The molecule has 0 aromatic heterocycles. The van der Waals surface area contributed by atoms with Crippen molar-refractivity contribution in [1.82, 2.24) is 0 Å². The van der Waals surface area contributed by atoms with Crippen LogP contribution in [0.2, 0.25) is 0 Å². The monoisotopic (exact) mass is 278 g/mol. The number of carboxylic acids is 1. The van der Waals surface area contributed by atoms with E-state index >= 15 is 0 Å². The van der Waals surface area contributed by atoms with Crippen molar-refractivity contribution in [3.63, 3.8) is 0 Å². The molecule has 2 aliphatic heterocycles. The van der Waals surface area contributed by atoms with Gasteiger partial charge >= 0.3 is 5.97 Å². The van der Waals surface area contributed by atoms with Gasteiger partial charge in [-0.15, -0.1) is 0 Å². The number of carboxylic acid groups (broad SMARTS) is 1. The Morgan fingerprint density at radius 1 is 1.15 bits per heavy atom. The molecule has 0 fully saturated rings. The number of aromatic hydroxyl groups is 1. The van der Waals surface area contributed by atoms with Crippen LogP contribution in [-0.2, 0) is 24.1 Å². The Morgan fingerprint density at radius 3 is 2.40 bits per heavy atom. The van der Waals surface area contributed by atoms with Gasteiger partial charge in [0.15, 0.2) is 11.5 Å². The molecule has 5 nitrogen and oxygen atoms in total. The Bertz CT molecular complexity index is 539. The van der Waals surface area contributed by atoms with E-state index in [2.05, 4.69) is 0 Å². The van der Waals surface area contributed by atoms with Crippen LogP contribution in [0.3, 0.4) is 0 Å². The second kappa shape index (κ2) is 4.58. The van der Waals surface area contributed by atoms with Crippen molar-refractivity contribution >= 4 is 5.97 Å². The van der Waals surface area contributed by atoms with Crippen LogP contribution in [0.4, 0.5) is 0 Å². The molecule has 0 aliphatic carbocycles. The number of carbonyl (C=O) groups is 1. The molecule has 2 atom stereocenters. The molecule has 2 unspecified atom stereocenters. The van der Waals surface area contributed by atoms with E-state index in [1.807, 2.05) is 13.8 Å². The largest absolute Gasteiger partial charge is 0.504 e. The molecule has 20 heavy (non-hydrogen) atoms. The van der Waals surface area contributed by atoms with Crippen LogP contribution in [0, 0.1) is 0 Å². The van der Waals surface area contributed by atoms with Crippen LogP contribution < -0.4 is 9.47 Å². The summed E-state index contributed by atoms with van der Waals surface area (Å²) >= 11 is 0. The van der Waals surface area contributed by atoms with Crippen LogP contribution >= 0.6 is 0 Å². The number of benzene rings is 1. The topological polar surface area (TPSA) is 76.0 Å². The van der Waals surface area contributed by atoms with Crippen LogP contribution in [0.1, 0.15) is 37.0 Å². The zero-order valence-corrected chi connectivity index (χ0v) is 11.6. The third-order valence-corrected chi connectivity index (χ3v) is 3.90. The van der Waals surface area contributed by atoms with E-state index in [1.54, 1.807) is 0 Å². The van der Waals surface area contributed by atoms with Crippen molar-refractivity contribution in [3.05, 3.63) is 16.7 Å². The number of hydrogen-bond acceptors (Lipinski definition) is 4. The first-order valence-corrected chi connectivity index (χ1v) is 6.92. The molecule has 1 aromatic carbocycles. The van der Waals surface area contributed by atoms with E-state index in [-0.39, 0.29) is 24.4 Å². The van der Waals surface area contributed by atoms with Crippen molar-refractivity contribution < 1.29 is 24.5 Å². The number of ether oxygens (including phenoxy) is 2. The summed E-state index contributed by atoms with van der Waals surface area (Å²) in [6.45, 7) is 3.88. The molecule has 0 radical (unpaired) electrons. The summed E-state index contributed by atoms with van der Waals surface area (Å²) in [4.78, 5) is 10.8. The maximum absolute atomic E-state index is 10.8. The Labute approximate surface area is 117 Å². The summed E-state index contributed by atoms with van der Waals surface area (Å²) in [5, 5.41) is 19.3. The van der Waals surface area contributed by atoms with E-state index in [0.29, 0.717) is 30.8 Å². The van der Waals surface area contributed by atoms with Crippen molar-refractivity contribution in [2.45, 2.75) is 51.7 Å². The number of fused-ring (bicyclic) bond motifs is 2. The van der Waals surface area contributed by atoms with Gasteiger partial charge in [-0.1, -0.05) is 0 Å². The average Bonchev–Trinajstić information content (AvgIpc) is 2.92. The lowest BCUT2D eigenvalue weighted by Crippen LogP contribution is -2.08. The van der Waals surface area contributed by atoms with Crippen LogP contribution in [-0.4, -0.2) is 28.4 Å². The number of rotatable bonds is 3. The van der Waals surface area contributed by atoms with E-state index in [1.165, 1.54) is 0 Å². The van der Waals surface area contributed by atoms with Gasteiger partial charge in [-0.25, -0.2) is 0 Å². The molecule has 0 spiro atoms. The SMILES string of the molecule is CC1Cc2c(CCC(=O)O)c3c(c(O)c2O1)CC(C)O3. The summed E-state index contributed by atoms with van der Waals surface area (Å²) in [5.74, 6) is 0.531. The molecule has 0 saturated heterocycles. The normalized spacial score (nSPS) is 22.9. The van der Waals surface area contributed by atoms with E-state index in [4.69, 9.17) is 14.6 Å². The summed E-state index contributed by atoms with van der Waals surface area (Å²) in [5.41, 5.74) is 2.55. The lowest BCUT2D eigenvalue weighted by Gasteiger charge is -2.14. The molecule has 0 bridgehead atoms. The molecule has 2 heterocycles.